The summed E-state index contributed by atoms with van der Waals surface area (Å²) in [5.74, 6) is -5.82. The summed E-state index contributed by atoms with van der Waals surface area (Å²) in [4.78, 5) is 50.3. The fourth-order valence-electron chi connectivity index (χ4n) is 8.02. The molecule has 0 unspecified atom stereocenters. The molecule has 7 rings (SSSR count). The minimum Gasteiger partial charge on any atom is -0.471 e. The van der Waals surface area contributed by atoms with Crippen LogP contribution in [0.1, 0.15) is 0 Å². The van der Waals surface area contributed by atoms with Crippen LogP contribution in [-0.2, 0) is 57.0 Å². The smallest absolute Gasteiger partial charge is 0.367 e. The number of aliphatic hydroxyl groups excluding tert-OH is 8. The number of hydrogen-bond acceptors (Lipinski definition) is 24. The molecule has 2 aliphatic carbocycles. The van der Waals surface area contributed by atoms with E-state index in [1.165, 1.54) is 18.6 Å². The van der Waals surface area contributed by atoms with Gasteiger partial charge in [0.25, 0.3) is 0 Å². The molecule has 0 bridgehead atoms. The Kier molecular flexibility index (Phi) is 13.3. The first-order chi connectivity index (χ1) is 28.2. The van der Waals surface area contributed by atoms with Gasteiger partial charge in [0.05, 0.1) is 48.2 Å². The number of rotatable bonds is 11. The van der Waals surface area contributed by atoms with Crippen molar-refractivity contribution in [1.82, 2.24) is 0 Å². The molecule has 18 atom stereocenters. The standard InChI is InChI=1S/C35H42O22S2/c1-58-34(46)50-6-10-3-14(37)19-12(8-48-29(17(10)19)55-31-24(41)22(39)21(38)16(5-36)53-31)28(45)54-32-25(42)23(40)26(43)33(57-32)56-30-18-11(7-51-35(47)59-2)4-15-20(18)13(9-49-30)27(44)52-15/h3-4,8-9,14-26,29-33,36-43H,5-7H2,1-2H3/t14-,15-,16+,17+,18+,19-,20-,21+,22-,23-,24+,25-,26+,29-,30-,31-,32-,33+/m0/s1. The fourth-order valence-corrected chi connectivity index (χ4v) is 8.37. The van der Waals surface area contributed by atoms with Crippen molar-refractivity contribution in [3.8, 4) is 0 Å². The molecule has 0 saturated carbocycles. The third-order valence-corrected chi connectivity index (χ3v) is 11.9. The lowest BCUT2D eigenvalue weighted by Crippen LogP contribution is -2.60. The molecule has 22 nitrogen and oxygen atoms in total. The minimum absolute atomic E-state index is 0.184. The first-order valence-electron chi connectivity index (χ1n) is 18.1. The number of hydrogen-bond donors (Lipinski definition) is 8. The summed E-state index contributed by atoms with van der Waals surface area (Å²) in [6.45, 7) is -1.42. The quantitative estimate of drug-likeness (QED) is 0.0592. The lowest BCUT2D eigenvalue weighted by atomic mass is 9.82. The molecule has 0 aromatic heterocycles. The molecule has 0 spiro atoms. The van der Waals surface area contributed by atoms with Gasteiger partial charge in [0.15, 0.2) is 12.6 Å². The van der Waals surface area contributed by atoms with E-state index in [4.69, 9.17) is 47.4 Å². The Morgan fingerprint density at radius 1 is 0.661 bits per heavy atom. The van der Waals surface area contributed by atoms with Gasteiger partial charge in [-0.25, -0.2) is 19.2 Å². The Hall–Kier alpha value is -3.34. The third-order valence-electron chi connectivity index (χ3n) is 11.0. The molecule has 24 heteroatoms. The summed E-state index contributed by atoms with van der Waals surface area (Å²) < 4.78 is 55.7. The van der Waals surface area contributed by atoms with E-state index in [9.17, 15) is 60.0 Å². The van der Waals surface area contributed by atoms with E-state index in [1.54, 1.807) is 6.08 Å². The van der Waals surface area contributed by atoms with Gasteiger partial charge >= 0.3 is 22.5 Å². The van der Waals surface area contributed by atoms with E-state index in [-0.39, 0.29) is 23.3 Å². The first-order valence-corrected chi connectivity index (χ1v) is 20.6. The highest BCUT2D eigenvalue weighted by molar-refractivity contribution is 8.12. The van der Waals surface area contributed by atoms with Crippen molar-refractivity contribution in [3.05, 3.63) is 47.0 Å². The van der Waals surface area contributed by atoms with E-state index >= 15 is 0 Å². The molecule has 0 aromatic carbocycles. The van der Waals surface area contributed by atoms with E-state index in [0.717, 1.165) is 36.0 Å². The number of fused-ring (bicyclic) bond motifs is 1. The maximum Gasteiger partial charge on any atom is 0.367 e. The maximum atomic E-state index is 13.9. The second-order valence-electron chi connectivity index (χ2n) is 14.3. The number of thioether (sulfide) groups is 2. The van der Waals surface area contributed by atoms with Crippen molar-refractivity contribution >= 4 is 46.1 Å². The van der Waals surface area contributed by atoms with Crippen LogP contribution in [0.5, 0.6) is 0 Å². The van der Waals surface area contributed by atoms with Crippen molar-refractivity contribution < 1.29 is 107 Å². The fraction of sp³-hybridized carbons (Fsp3) is 0.657. The van der Waals surface area contributed by atoms with E-state index in [1.807, 2.05) is 0 Å². The summed E-state index contributed by atoms with van der Waals surface area (Å²) >= 11 is 1.59. The van der Waals surface area contributed by atoms with Crippen LogP contribution in [0.2, 0.25) is 0 Å². The van der Waals surface area contributed by atoms with Crippen LogP contribution in [0.25, 0.3) is 0 Å². The molecule has 3 fully saturated rings. The van der Waals surface area contributed by atoms with Gasteiger partial charge in [-0.3, -0.25) is 0 Å². The Balaban J connectivity index is 1.08. The summed E-state index contributed by atoms with van der Waals surface area (Å²) in [7, 11) is 0. The number of aliphatic hydroxyl groups is 8. The topological polar surface area (TPSA) is 322 Å². The molecule has 5 heterocycles. The largest absolute Gasteiger partial charge is 0.471 e. The van der Waals surface area contributed by atoms with Crippen LogP contribution in [0.15, 0.2) is 47.0 Å². The molecule has 59 heavy (non-hydrogen) atoms. The minimum atomic E-state index is -2.07. The summed E-state index contributed by atoms with van der Waals surface area (Å²) in [5.41, 5.74) is 0.450. The number of carbonyl (C=O) groups excluding carboxylic acids is 4. The average Bonchev–Trinajstić information content (AvgIpc) is 3.87. The van der Waals surface area contributed by atoms with Crippen LogP contribution >= 0.6 is 23.5 Å². The van der Waals surface area contributed by atoms with Crippen molar-refractivity contribution in [1.29, 1.82) is 0 Å². The van der Waals surface area contributed by atoms with Gasteiger partial charge in [-0.15, -0.1) is 0 Å². The van der Waals surface area contributed by atoms with Crippen molar-refractivity contribution in [2.45, 2.75) is 86.4 Å². The van der Waals surface area contributed by atoms with Gasteiger partial charge in [-0.2, -0.15) is 0 Å². The molecule has 326 valence electrons. The zero-order chi connectivity index (χ0) is 42.4. The molecule has 0 aromatic rings. The third kappa shape index (κ3) is 8.36. The second kappa shape index (κ2) is 17.9. The Morgan fingerprint density at radius 2 is 1.20 bits per heavy atom. The molecular weight excluding hydrogens is 836 g/mol. The Bertz CT molecular complexity index is 1770. The van der Waals surface area contributed by atoms with Gasteiger partial charge in [0.2, 0.25) is 18.9 Å². The lowest BCUT2D eigenvalue weighted by molar-refractivity contribution is -0.368. The molecule has 0 radical (unpaired) electrons. The average molecular weight is 879 g/mol. The lowest BCUT2D eigenvalue weighted by Gasteiger charge is -2.43. The van der Waals surface area contributed by atoms with Crippen LogP contribution < -0.4 is 0 Å². The van der Waals surface area contributed by atoms with E-state index in [2.05, 4.69) is 0 Å². The highest BCUT2D eigenvalue weighted by Gasteiger charge is 2.58. The van der Waals surface area contributed by atoms with Gasteiger partial charge in [-0.05, 0) is 53.3 Å². The molecule has 3 saturated heterocycles. The summed E-state index contributed by atoms with van der Waals surface area (Å²) in [5, 5.41) is 83.4. The summed E-state index contributed by atoms with van der Waals surface area (Å²) in [6, 6.07) is 0. The first kappa shape index (κ1) is 43.7. The van der Waals surface area contributed by atoms with Crippen molar-refractivity contribution in [2.24, 2.45) is 23.7 Å². The highest BCUT2D eigenvalue weighted by Crippen LogP contribution is 2.50. The highest BCUT2D eigenvalue weighted by atomic mass is 32.2. The predicted molar refractivity (Wildman–Crippen MR) is 190 cm³/mol. The van der Waals surface area contributed by atoms with E-state index < -0.39 is 146 Å². The SMILES string of the molecule is CSC(=O)OCC1=C[C@@H]2OC(=O)C3=CO[C@@H](O[C@@H]4O[C@H](OC(=O)C5=CO[C@@H](O[C@@H]6O[C@H](CO)[C@@H](O)[C@H](O)[C@H]6O)[C@@H]6C(COC(=O)SC)=C[C@H](O)[C@H]56)[C@@H](O)[C@H](O)[C@H]4O)[C@H]1[C@@H]32. The van der Waals surface area contributed by atoms with Gasteiger partial charge < -0.3 is 88.2 Å². The zero-order valence-corrected chi connectivity index (χ0v) is 32.6. The van der Waals surface area contributed by atoms with Crippen LogP contribution in [0.4, 0.5) is 9.59 Å². The normalized spacial score (nSPS) is 42.1. The Labute approximate surface area is 342 Å². The van der Waals surface area contributed by atoms with Crippen molar-refractivity contribution in [3.63, 3.8) is 0 Å². The monoisotopic (exact) mass is 878 g/mol. The molecular formula is C35H42O22S2. The summed E-state index contributed by atoms with van der Waals surface area (Å²) in [6.07, 6.45) is -15.7. The van der Waals surface area contributed by atoms with Crippen LogP contribution in [-0.4, -0.2) is 182 Å². The van der Waals surface area contributed by atoms with Gasteiger partial charge in [-0.1, -0.05) is 6.08 Å². The van der Waals surface area contributed by atoms with Crippen LogP contribution in [0, 0.1) is 23.7 Å². The second-order valence-corrected chi connectivity index (χ2v) is 15.8. The van der Waals surface area contributed by atoms with Crippen molar-refractivity contribution in [2.75, 3.05) is 32.3 Å². The predicted octanol–water partition coefficient (Wildman–Crippen LogP) is -2.76. The maximum absolute atomic E-state index is 13.9. The molecule has 7 aliphatic rings. The Morgan fingerprint density at radius 3 is 1.81 bits per heavy atom. The van der Waals surface area contributed by atoms with Crippen LogP contribution in [0.3, 0.4) is 0 Å². The molecule has 0 amide bonds. The molecule has 8 N–H and O–H groups in total. The number of carbonyl (C=O) groups is 4. The zero-order valence-electron chi connectivity index (χ0n) is 30.9. The van der Waals surface area contributed by atoms with Gasteiger partial charge in [0.1, 0.15) is 62.0 Å². The van der Waals surface area contributed by atoms with E-state index in [0.29, 0.717) is 5.57 Å². The number of esters is 2. The molecule has 5 aliphatic heterocycles. The number of ether oxygens (including phenoxy) is 10. The van der Waals surface area contributed by atoms with Gasteiger partial charge in [0, 0.05) is 11.8 Å².